The van der Waals surface area contributed by atoms with Crippen LogP contribution >= 0.6 is 0 Å². The van der Waals surface area contributed by atoms with E-state index in [1.807, 2.05) is 0 Å². The highest BCUT2D eigenvalue weighted by molar-refractivity contribution is 5.96. The smallest absolute Gasteiger partial charge is 0.271 e. The summed E-state index contributed by atoms with van der Waals surface area (Å²) in [6, 6.07) is 11.6. The average Bonchev–Trinajstić information content (AvgIpc) is 2.86. The molecule has 11 heteroatoms. The van der Waals surface area contributed by atoms with Crippen LogP contribution in [0, 0.1) is 5.41 Å². The number of nitrogens with two attached hydrogens (primary N) is 1. The predicted molar refractivity (Wildman–Crippen MR) is 125 cm³/mol. The number of pyridine rings is 1. The SMILES string of the molecule is COc1cc(C(Nc2ccc(C(=N)N)cc2)C(=O)NNC(=O)c2cccnc2)cc(OC)c1O. The van der Waals surface area contributed by atoms with Gasteiger partial charge in [0.2, 0.25) is 5.75 Å². The van der Waals surface area contributed by atoms with Crippen LogP contribution in [-0.2, 0) is 4.79 Å². The number of nitrogens with one attached hydrogen (secondary N) is 4. The maximum Gasteiger partial charge on any atom is 0.271 e. The monoisotopic (exact) mass is 464 g/mol. The Hall–Kier alpha value is -4.80. The molecule has 1 atom stereocenters. The molecule has 0 fully saturated rings. The normalized spacial score (nSPS) is 11.1. The molecule has 0 radical (unpaired) electrons. The van der Waals surface area contributed by atoms with Gasteiger partial charge in [0, 0.05) is 23.6 Å². The number of hydrogen-bond donors (Lipinski definition) is 6. The molecular weight excluding hydrogens is 440 g/mol. The first-order valence-electron chi connectivity index (χ1n) is 10.00. The number of amidine groups is 1. The van der Waals surface area contributed by atoms with E-state index in [0.717, 1.165) is 0 Å². The third kappa shape index (κ3) is 5.51. The minimum Gasteiger partial charge on any atom is -0.502 e. The van der Waals surface area contributed by atoms with Gasteiger partial charge in [-0.05, 0) is 54.1 Å². The van der Waals surface area contributed by atoms with Gasteiger partial charge in [-0.3, -0.25) is 30.8 Å². The van der Waals surface area contributed by atoms with Gasteiger partial charge in [0.1, 0.15) is 11.9 Å². The molecule has 0 saturated heterocycles. The van der Waals surface area contributed by atoms with Gasteiger partial charge in [0.15, 0.2) is 11.5 Å². The summed E-state index contributed by atoms with van der Waals surface area (Å²) >= 11 is 0. The third-order valence-corrected chi connectivity index (χ3v) is 4.83. The van der Waals surface area contributed by atoms with E-state index in [9.17, 15) is 14.7 Å². The van der Waals surface area contributed by atoms with Crippen molar-refractivity contribution in [2.45, 2.75) is 6.04 Å². The summed E-state index contributed by atoms with van der Waals surface area (Å²) in [5.41, 5.74) is 11.9. The minimum absolute atomic E-state index is 0.0908. The molecule has 1 aromatic heterocycles. The van der Waals surface area contributed by atoms with Crippen molar-refractivity contribution in [3.63, 3.8) is 0 Å². The predicted octanol–water partition coefficient (Wildman–Crippen LogP) is 1.70. The number of hydrazine groups is 1. The van der Waals surface area contributed by atoms with Crippen LogP contribution in [0.25, 0.3) is 0 Å². The molecule has 0 saturated carbocycles. The average molecular weight is 464 g/mol. The number of benzene rings is 2. The summed E-state index contributed by atoms with van der Waals surface area (Å²) in [5, 5.41) is 20.8. The molecule has 0 aliphatic rings. The molecule has 2 aromatic carbocycles. The molecule has 0 aliphatic heterocycles. The lowest BCUT2D eigenvalue weighted by atomic mass is 10.0. The highest BCUT2D eigenvalue weighted by Crippen LogP contribution is 2.39. The Labute approximate surface area is 195 Å². The van der Waals surface area contributed by atoms with Crippen LogP contribution in [0.4, 0.5) is 5.69 Å². The van der Waals surface area contributed by atoms with Crippen LogP contribution in [0.3, 0.4) is 0 Å². The van der Waals surface area contributed by atoms with E-state index in [-0.39, 0.29) is 28.6 Å². The molecule has 1 heterocycles. The molecule has 0 aliphatic carbocycles. The standard InChI is InChI=1S/C23H24N6O5/c1-33-17-10-15(11-18(34-2)20(17)30)19(27-16-7-5-13(6-8-16)21(24)25)23(32)29-28-22(31)14-4-3-9-26-12-14/h3-12,19,27,30H,1-2H3,(H3,24,25)(H,28,31)(H,29,32). The zero-order chi connectivity index (χ0) is 24.7. The van der Waals surface area contributed by atoms with Crippen molar-refractivity contribution >= 4 is 23.3 Å². The van der Waals surface area contributed by atoms with Crippen LogP contribution in [0.1, 0.15) is 27.5 Å². The number of aromatic hydroxyl groups is 1. The number of nitrogens with zero attached hydrogens (tertiary/aromatic N) is 1. The van der Waals surface area contributed by atoms with Gasteiger partial charge < -0.3 is 25.6 Å². The van der Waals surface area contributed by atoms with Crippen molar-refractivity contribution in [3.05, 3.63) is 77.6 Å². The van der Waals surface area contributed by atoms with Crippen molar-refractivity contribution in [1.82, 2.24) is 15.8 Å². The molecule has 11 nitrogen and oxygen atoms in total. The van der Waals surface area contributed by atoms with Gasteiger partial charge in [-0.2, -0.15) is 0 Å². The van der Waals surface area contributed by atoms with Gasteiger partial charge in [-0.25, -0.2) is 0 Å². The molecule has 176 valence electrons. The molecule has 3 aromatic rings. The third-order valence-electron chi connectivity index (χ3n) is 4.83. The van der Waals surface area contributed by atoms with Gasteiger partial charge in [0.25, 0.3) is 11.8 Å². The van der Waals surface area contributed by atoms with Gasteiger partial charge in [-0.1, -0.05) is 0 Å². The van der Waals surface area contributed by atoms with E-state index in [2.05, 4.69) is 21.2 Å². The highest BCUT2D eigenvalue weighted by atomic mass is 16.5. The number of rotatable bonds is 8. The van der Waals surface area contributed by atoms with E-state index in [1.165, 1.54) is 38.7 Å². The number of anilines is 1. The van der Waals surface area contributed by atoms with Crippen LogP contribution in [-0.4, -0.2) is 42.0 Å². The Balaban J connectivity index is 1.90. The molecule has 0 spiro atoms. The summed E-state index contributed by atoms with van der Waals surface area (Å²) < 4.78 is 10.4. The summed E-state index contributed by atoms with van der Waals surface area (Å²) in [5.74, 6) is -1.27. The summed E-state index contributed by atoms with van der Waals surface area (Å²) in [6.07, 6.45) is 2.89. The molecule has 1 unspecified atom stereocenters. The lowest BCUT2D eigenvalue weighted by Crippen LogP contribution is -2.45. The van der Waals surface area contributed by atoms with Crippen molar-refractivity contribution in [2.75, 3.05) is 19.5 Å². The van der Waals surface area contributed by atoms with Gasteiger partial charge in [-0.15, -0.1) is 0 Å². The van der Waals surface area contributed by atoms with Gasteiger partial charge >= 0.3 is 0 Å². The van der Waals surface area contributed by atoms with E-state index in [4.69, 9.17) is 20.6 Å². The number of aromatic nitrogens is 1. The molecule has 7 N–H and O–H groups in total. The Morgan fingerprint density at radius 1 is 1.03 bits per heavy atom. The van der Waals surface area contributed by atoms with Crippen molar-refractivity contribution in [1.29, 1.82) is 5.41 Å². The zero-order valence-electron chi connectivity index (χ0n) is 18.5. The second-order valence-corrected chi connectivity index (χ2v) is 7.03. The van der Waals surface area contributed by atoms with Crippen molar-refractivity contribution in [2.24, 2.45) is 5.73 Å². The summed E-state index contributed by atoms with van der Waals surface area (Å²) in [7, 11) is 2.74. The van der Waals surface area contributed by atoms with Crippen molar-refractivity contribution in [3.8, 4) is 17.2 Å². The lowest BCUT2D eigenvalue weighted by Gasteiger charge is -2.22. The number of methoxy groups -OCH3 is 2. The van der Waals surface area contributed by atoms with Crippen LogP contribution in [0.15, 0.2) is 60.9 Å². The number of phenols is 1. The maximum absolute atomic E-state index is 13.1. The first-order valence-corrected chi connectivity index (χ1v) is 10.00. The van der Waals surface area contributed by atoms with Crippen LogP contribution < -0.4 is 31.4 Å². The largest absolute Gasteiger partial charge is 0.502 e. The number of nitrogen functional groups attached to an aromatic ring is 1. The van der Waals surface area contributed by atoms with E-state index < -0.39 is 17.9 Å². The number of phenolic OH excluding ortho intramolecular Hbond substituents is 1. The molecule has 0 bridgehead atoms. The van der Waals surface area contributed by atoms with Crippen molar-refractivity contribution < 1.29 is 24.2 Å². The molecule has 34 heavy (non-hydrogen) atoms. The summed E-state index contributed by atoms with van der Waals surface area (Å²) in [4.78, 5) is 29.3. The van der Waals surface area contributed by atoms with Gasteiger partial charge in [0.05, 0.1) is 19.8 Å². The van der Waals surface area contributed by atoms with E-state index >= 15 is 0 Å². The molecule has 3 rings (SSSR count). The quantitative estimate of drug-likeness (QED) is 0.166. The number of ether oxygens (including phenoxy) is 2. The Morgan fingerprint density at radius 2 is 1.68 bits per heavy atom. The van der Waals surface area contributed by atoms with E-state index in [1.54, 1.807) is 36.4 Å². The second-order valence-electron chi connectivity index (χ2n) is 7.03. The number of carbonyl (C=O) groups is 2. The second kappa shape index (κ2) is 10.7. The number of carbonyl (C=O) groups excluding carboxylic acids is 2. The number of hydrogen-bond acceptors (Lipinski definition) is 8. The minimum atomic E-state index is -1.04. The Morgan fingerprint density at radius 3 is 2.21 bits per heavy atom. The highest BCUT2D eigenvalue weighted by Gasteiger charge is 2.25. The first kappa shape index (κ1) is 23.9. The summed E-state index contributed by atoms with van der Waals surface area (Å²) in [6.45, 7) is 0. The zero-order valence-corrected chi connectivity index (χ0v) is 18.5. The lowest BCUT2D eigenvalue weighted by molar-refractivity contribution is -0.122. The fourth-order valence-electron chi connectivity index (χ4n) is 3.05. The van der Waals surface area contributed by atoms with Crippen LogP contribution in [0.5, 0.6) is 17.2 Å². The molecular formula is C23H24N6O5. The Kier molecular flexibility index (Phi) is 7.49. The van der Waals surface area contributed by atoms with E-state index in [0.29, 0.717) is 16.8 Å². The fraction of sp³-hybridized carbons (Fsp3) is 0.130. The maximum atomic E-state index is 13.1. The Bertz CT molecular complexity index is 1160. The van der Waals surface area contributed by atoms with Crippen LogP contribution in [0.2, 0.25) is 0 Å². The number of amides is 2. The molecule has 2 amide bonds. The topological polar surface area (TPSA) is 172 Å². The first-order chi connectivity index (χ1) is 16.3. The fourth-order valence-corrected chi connectivity index (χ4v) is 3.05.